The fourth-order valence-corrected chi connectivity index (χ4v) is 1.63. The van der Waals surface area contributed by atoms with E-state index in [1.54, 1.807) is 19.2 Å². The molecule has 0 saturated carbocycles. The zero-order chi connectivity index (χ0) is 13.8. The number of rotatable bonds is 5. The van der Waals surface area contributed by atoms with Crippen LogP contribution >= 0.6 is 0 Å². The van der Waals surface area contributed by atoms with Crippen LogP contribution in [0.1, 0.15) is 36.7 Å². The number of hydrogen-bond donors (Lipinski definition) is 1. The molecule has 0 saturated heterocycles. The van der Waals surface area contributed by atoms with Crippen molar-refractivity contribution in [2.45, 2.75) is 26.2 Å². The summed E-state index contributed by atoms with van der Waals surface area (Å²) >= 11 is 0. The third-order valence-corrected chi connectivity index (χ3v) is 2.58. The van der Waals surface area contributed by atoms with Gasteiger partial charge in [-0.15, -0.1) is 0 Å². The average Bonchev–Trinajstić information content (AvgIpc) is 2.27. The third-order valence-electron chi connectivity index (χ3n) is 2.58. The summed E-state index contributed by atoms with van der Waals surface area (Å²) in [6.45, 7) is 7.06. The minimum atomic E-state index is -0.952. The van der Waals surface area contributed by atoms with Gasteiger partial charge in [0.05, 0.1) is 12.2 Å². The fraction of sp³-hybridized carbons (Fsp3) is 0.500. The maximum absolute atomic E-state index is 11.0. The number of ether oxygens (including phenoxy) is 2. The quantitative estimate of drug-likeness (QED) is 0.819. The molecule has 0 fully saturated rings. The van der Waals surface area contributed by atoms with Crippen molar-refractivity contribution in [3.8, 4) is 5.75 Å². The standard InChI is InChI=1S/C14H20O4/c1-14(2,3)11-6-5-10(13(15)16)9-12(11)18-8-7-17-4/h5-6,9H,7-8H2,1-4H3,(H,15,16). The number of aromatic carboxylic acids is 1. The summed E-state index contributed by atoms with van der Waals surface area (Å²) in [5.41, 5.74) is 1.12. The second kappa shape index (κ2) is 5.87. The number of carboxylic acid groups (broad SMARTS) is 1. The van der Waals surface area contributed by atoms with Crippen molar-refractivity contribution in [1.82, 2.24) is 0 Å². The fourth-order valence-electron chi connectivity index (χ4n) is 1.63. The van der Waals surface area contributed by atoms with E-state index < -0.39 is 5.97 Å². The number of benzene rings is 1. The van der Waals surface area contributed by atoms with Gasteiger partial charge in [-0.25, -0.2) is 4.79 Å². The maximum atomic E-state index is 11.0. The highest BCUT2D eigenvalue weighted by Gasteiger charge is 2.20. The molecule has 0 bridgehead atoms. The van der Waals surface area contributed by atoms with Crippen LogP contribution < -0.4 is 4.74 Å². The molecule has 0 atom stereocenters. The normalized spacial score (nSPS) is 11.3. The van der Waals surface area contributed by atoms with Crippen LogP contribution in [0.15, 0.2) is 18.2 Å². The Morgan fingerprint density at radius 2 is 1.94 bits per heavy atom. The van der Waals surface area contributed by atoms with Gasteiger partial charge in [-0.05, 0) is 23.1 Å². The molecule has 0 aliphatic rings. The van der Waals surface area contributed by atoms with E-state index in [1.165, 1.54) is 0 Å². The first kappa shape index (κ1) is 14.5. The number of carbonyl (C=O) groups is 1. The SMILES string of the molecule is COCCOc1cc(C(=O)O)ccc1C(C)(C)C. The van der Waals surface area contributed by atoms with E-state index in [-0.39, 0.29) is 11.0 Å². The van der Waals surface area contributed by atoms with Crippen molar-refractivity contribution in [3.63, 3.8) is 0 Å². The van der Waals surface area contributed by atoms with Crippen LogP contribution in [0.4, 0.5) is 0 Å². The van der Waals surface area contributed by atoms with Gasteiger partial charge in [0.25, 0.3) is 0 Å². The summed E-state index contributed by atoms with van der Waals surface area (Å²) in [6, 6.07) is 4.98. The Morgan fingerprint density at radius 3 is 2.44 bits per heavy atom. The molecule has 0 aliphatic heterocycles. The highest BCUT2D eigenvalue weighted by atomic mass is 16.5. The van der Waals surface area contributed by atoms with Crippen molar-refractivity contribution >= 4 is 5.97 Å². The molecule has 1 aromatic carbocycles. The Hall–Kier alpha value is -1.55. The molecule has 18 heavy (non-hydrogen) atoms. The van der Waals surface area contributed by atoms with Crippen molar-refractivity contribution in [3.05, 3.63) is 29.3 Å². The molecule has 1 aromatic rings. The molecular formula is C14H20O4. The Balaban J connectivity index is 3.06. The topological polar surface area (TPSA) is 55.8 Å². The van der Waals surface area contributed by atoms with Gasteiger partial charge in [-0.3, -0.25) is 0 Å². The van der Waals surface area contributed by atoms with Crippen LogP contribution in [0, 0.1) is 0 Å². The Labute approximate surface area is 108 Å². The lowest BCUT2D eigenvalue weighted by atomic mass is 9.86. The largest absolute Gasteiger partial charge is 0.491 e. The van der Waals surface area contributed by atoms with Gasteiger partial charge in [0, 0.05) is 7.11 Å². The van der Waals surface area contributed by atoms with E-state index in [9.17, 15) is 4.79 Å². The zero-order valence-electron chi connectivity index (χ0n) is 11.3. The average molecular weight is 252 g/mol. The first-order valence-corrected chi connectivity index (χ1v) is 5.86. The van der Waals surface area contributed by atoms with Crippen LogP contribution in [0.3, 0.4) is 0 Å². The minimum Gasteiger partial charge on any atom is -0.491 e. The molecule has 0 unspecified atom stereocenters. The lowest BCUT2D eigenvalue weighted by molar-refractivity contribution is 0.0696. The third kappa shape index (κ3) is 3.74. The van der Waals surface area contributed by atoms with Crippen LogP contribution in [0.5, 0.6) is 5.75 Å². The van der Waals surface area contributed by atoms with Gasteiger partial charge in [0.15, 0.2) is 0 Å². The summed E-state index contributed by atoms with van der Waals surface area (Å²) in [7, 11) is 1.60. The van der Waals surface area contributed by atoms with Crippen molar-refractivity contribution in [2.24, 2.45) is 0 Å². The summed E-state index contributed by atoms with van der Waals surface area (Å²) < 4.78 is 10.5. The molecule has 0 aromatic heterocycles. The van der Waals surface area contributed by atoms with Gasteiger partial charge in [0.1, 0.15) is 12.4 Å². The van der Waals surface area contributed by atoms with Gasteiger partial charge in [-0.1, -0.05) is 26.8 Å². The second-order valence-electron chi connectivity index (χ2n) is 5.11. The Bertz CT molecular complexity index is 418. The van der Waals surface area contributed by atoms with Crippen molar-refractivity contribution in [2.75, 3.05) is 20.3 Å². The first-order chi connectivity index (χ1) is 8.36. The van der Waals surface area contributed by atoms with E-state index in [4.69, 9.17) is 14.6 Å². The van der Waals surface area contributed by atoms with E-state index in [0.29, 0.717) is 19.0 Å². The van der Waals surface area contributed by atoms with Gasteiger partial charge < -0.3 is 14.6 Å². The predicted octanol–water partition coefficient (Wildman–Crippen LogP) is 2.71. The number of methoxy groups -OCH3 is 1. The first-order valence-electron chi connectivity index (χ1n) is 5.86. The van der Waals surface area contributed by atoms with Crippen molar-refractivity contribution < 1.29 is 19.4 Å². The zero-order valence-corrected chi connectivity index (χ0v) is 11.3. The molecule has 100 valence electrons. The second-order valence-corrected chi connectivity index (χ2v) is 5.11. The molecule has 1 N–H and O–H groups in total. The summed E-state index contributed by atoms with van der Waals surface area (Å²) in [4.78, 5) is 11.0. The van der Waals surface area contributed by atoms with Gasteiger partial charge >= 0.3 is 5.97 Å². The smallest absolute Gasteiger partial charge is 0.335 e. The Kier molecular flexibility index (Phi) is 4.73. The highest BCUT2D eigenvalue weighted by molar-refractivity contribution is 5.88. The van der Waals surface area contributed by atoms with Crippen LogP contribution in [-0.4, -0.2) is 31.4 Å². The monoisotopic (exact) mass is 252 g/mol. The molecular weight excluding hydrogens is 232 g/mol. The lowest BCUT2D eigenvalue weighted by Gasteiger charge is -2.23. The summed E-state index contributed by atoms with van der Waals surface area (Å²) in [6.07, 6.45) is 0. The van der Waals surface area contributed by atoms with E-state index in [0.717, 1.165) is 5.56 Å². The highest BCUT2D eigenvalue weighted by Crippen LogP contribution is 2.32. The molecule has 4 heteroatoms. The molecule has 0 heterocycles. The molecule has 4 nitrogen and oxygen atoms in total. The molecule has 0 radical (unpaired) electrons. The van der Waals surface area contributed by atoms with Crippen molar-refractivity contribution in [1.29, 1.82) is 0 Å². The van der Waals surface area contributed by atoms with Gasteiger partial charge in [0.2, 0.25) is 0 Å². The minimum absolute atomic E-state index is 0.0978. The Morgan fingerprint density at radius 1 is 1.28 bits per heavy atom. The number of hydrogen-bond acceptors (Lipinski definition) is 3. The molecule has 0 aliphatic carbocycles. The van der Waals surface area contributed by atoms with E-state index in [2.05, 4.69) is 20.8 Å². The summed E-state index contributed by atoms with van der Waals surface area (Å²) in [5, 5.41) is 8.99. The molecule has 1 rings (SSSR count). The summed E-state index contributed by atoms with van der Waals surface area (Å²) in [5.74, 6) is -0.341. The lowest BCUT2D eigenvalue weighted by Crippen LogP contribution is -2.15. The predicted molar refractivity (Wildman–Crippen MR) is 69.5 cm³/mol. The van der Waals surface area contributed by atoms with E-state index >= 15 is 0 Å². The molecule has 0 amide bonds. The van der Waals surface area contributed by atoms with Crippen LogP contribution in [-0.2, 0) is 10.2 Å². The van der Waals surface area contributed by atoms with Gasteiger partial charge in [-0.2, -0.15) is 0 Å². The molecule has 0 spiro atoms. The van der Waals surface area contributed by atoms with Crippen LogP contribution in [0.2, 0.25) is 0 Å². The maximum Gasteiger partial charge on any atom is 0.335 e. The number of carboxylic acids is 1. The van der Waals surface area contributed by atoms with Crippen LogP contribution in [0.25, 0.3) is 0 Å². The van der Waals surface area contributed by atoms with E-state index in [1.807, 2.05) is 6.07 Å².